The van der Waals surface area contributed by atoms with E-state index >= 15 is 0 Å². The number of carbonyl (C=O) groups excluding carboxylic acids is 1. The lowest BCUT2D eigenvalue weighted by atomic mass is 10.0. The molecule has 0 radical (unpaired) electrons. The van der Waals surface area contributed by atoms with Crippen LogP contribution in [0.2, 0.25) is 0 Å². The molecule has 1 fully saturated rings. The standard InChI is InChI=1S/C16H21NO3/c1-11-10-20-12(2)9-17(11)16(18)8-13-3-4-15-14(7-13)5-6-19-15/h3-4,7,11-12H,5-6,8-10H2,1-2H3/t11-,12+/m0/s1. The fourth-order valence-electron chi connectivity index (χ4n) is 2.88. The summed E-state index contributed by atoms with van der Waals surface area (Å²) >= 11 is 0. The molecule has 0 unspecified atom stereocenters. The second-order valence-corrected chi connectivity index (χ2v) is 5.76. The van der Waals surface area contributed by atoms with Gasteiger partial charge in [0.05, 0.1) is 31.8 Å². The molecule has 0 N–H and O–H groups in total. The van der Waals surface area contributed by atoms with Gasteiger partial charge >= 0.3 is 0 Å². The van der Waals surface area contributed by atoms with Crippen LogP contribution in [0.15, 0.2) is 18.2 Å². The zero-order valence-electron chi connectivity index (χ0n) is 12.1. The fraction of sp³-hybridized carbons (Fsp3) is 0.562. The zero-order chi connectivity index (χ0) is 14.1. The van der Waals surface area contributed by atoms with Gasteiger partial charge < -0.3 is 14.4 Å². The Hall–Kier alpha value is -1.55. The molecule has 0 bridgehead atoms. The second-order valence-electron chi connectivity index (χ2n) is 5.76. The molecule has 0 saturated carbocycles. The first-order valence-electron chi connectivity index (χ1n) is 7.29. The summed E-state index contributed by atoms with van der Waals surface area (Å²) < 4.78 is 11.1. The molecule has 2 heterocycles. The third kappa shape index (κ3) is 2.66. The van der Waals surface area contributed by atoms with Crippen molar-refractivity contribution in [1.29, 1.82) is 0 Å². The average Bonchev–Trinajstić information content (AvgIpc) is 2.89. The second kappa shape index (κ2) is 5.44. The SMILES string of the molecule is C[C@@H]1CN(C(=O)Cc2ccc3c(c2)CCO3)[C@@H](C)CO1. The first-order valence-corrected chi connectivity index (χ1v) is 7.29. The van der Waals surface area contributed by atoms with Crippen molar-refractivity contribution in [3.63, 3.8) is 0 Å². The van der Waals surface area contributed by atoms with Gasteiger partial charge in [-0.1, -0.05) is 12.1 Å². The van der Waals surface area contributed by atoms with Gasteiger partial charge in [-0.05, 0) is 31.0 Å². The van der Waals surface area contributed by atoms with Gasteiger partial charge in [0.2, 0.25) is 5.91 Å². The number of hydrogen-bond acceptors (Lipinski definition) is 3. The molecule has 1 amide bonds. The van der Waals surface area contributed by atoms with Gasteiger partial charge in [-0.15, -0.1) is 0 Å². The number of carbonyl (C=O) groups is 1. The summed E-state index contributed by atoms with van der Waals surface area (Å²) in [6.07, 6.45) is 1.54. The molecule has 20 heavy (non-hydrogen) atoms. The number of ether oxygens (including phenoxy) is 2. The molecule has 2 aliphatic heterocycles. The normalized spacial score (nSPS) is 25.2. The van der Waals surface area contributed by atoms with Crippen molar-refractivity contribution >= 4 is 5.91 Å². The third-order valence-corrected chi connectivity index (χ3v) is 4.04. The van der Waals surface area contributed by atoms with Gasteiger partial charge in [0.1, 0.15) is 5.75 Å². The summed E-state index contributed by atoms with van der Waals surface area (Å²) in [4.78, 5) is 14.4. The Morgan fingerprint density at radius 3 is 3.10 bits per heavy atom. The van der Waals surface area contributed by atoms with Gasteiger partial charge in [-0.25, -0.2) is 0 Å². The summed E-state index contributed by atoms with van der Waals surface area (Å²) in [6, 6.07) is 6.25. The number of morpholine rings is 1. The van der Waals surface area contributed by atoms with Crippen LogP contribution in [-0.2, 0) is 22.4 Å². The number of amides is 1. The van der Waals surface area contributed by atoms with Crippen molar-refractivity contribution in [2.24, 2.45) is 0 Å². The smallest absolute Gasteiger partial charge is 0.227 e. The molecule has 1 saturated heterocycles. The summed E-state index contributed by atoms with van der Waals surface area (Å²) in [5.74, 6) is 1.15. The number of benzene rings is 1. The Morgan fingerprint density at radius 2 is 2.25 bits per heavy atom. The summed E-state index contributed by atoms with van der Waals surface area (Å²) in [5.41, 5.74) is 2.30. The highest BCUT2D eigenvalue weighted by Gasteiger charge is 2.27. The number of rotatable bonds is 2. The Balaban J connectivity index is 1.69. The lowest BCUT2D eigenvalue weighted by molar-refractivity contribution is -0.142. The van der Waals surface area contributed by atoms with Crippen molar-refractivity contribution in [1.82, 2.24) is 4.90 Å². The number of fused-ring (bicyclic) bond motifs is 1. The van der Waals surface area contributed by atoms with Crippen LogP contribution < -0.4 is 4.74 Å². The highest BCUT2D eigenvalue weighted by atomic mass is 16.5. The van der Waals surface area contributed by atoms with Crippen molar-refractivity contribution in [3.05, 3.63) is 29.3 Å². The average molecular weight is 275 g/mol. The zero-order valence-corrected chi connectivity index (χ0v) is 12.1. The molecule has 4 heteroatoms. The van der Waals surface area contributed by atoms with E-state index in [4.69, 9.17) is 9.47 Å². The first-order chi connectivity index (χ1) is 9.63. The van der Waals surface area contributed by atoms with Gasteiger partial charge in [0, 0.05) is 13.0 Å². The molecule has 0 spiro atoms. The maximum atomic E-state index is 12.5. The predicted molar refractivity (Wildman–Crippen MR) is 75.9 cm³/mol. The van der Waals surface area contributed by atoms with Gasteiger partial charge in [0.15, 0.2) is 0 Å². The minimum Gasteiger partial charge on any atom is -0.493 e. The fourth-order valence-corrected chi connectivity index (χ4v) is 2.88. The largest absolute Gasteiger partial charge is 0.493 e. The monoisotopic (exact) mass is 275 g/mol. The summed E-state index contributed by atoms with van der Waals surface area (Å²) in [5, 5.41) is 0. The Bertz CT molecular complexity index is 514. The van der Waals surface area contributed by atoms with Gasteiger partial charge in [-0.3, -0.25) is 4.79 Å². The molecule has 3 rings (SSSR count). The molecule has 2 aliphatic rings. The van der Waals surface area contributed by atoms with Crippen LogP contribution in [0.5, 0.6) is 5.75 Å². The highest BCUT2D eigenvalue weighted by molar-refractivity contribution is 5.79. The van der Waals surface area contributed by atoms with E-state index in [1.807, 2.05) is 30.9 Å². The van der Waals surface area contributed by atoms with Crippen LogP contribution in [0.3, 0.4) is 0 Å². The molecule has 108 valence electrons. The van der Waals surface area contributed by atoms with Crippen LogP contribution in [0.25, 0.3) is 0 Å². The molecule has 4 nitrogen and oxygen atoms in total. The van der Waals surface area contributed by atoms with Crippen LogP contribution >= 0.6 is 0 Å². The maximum absolute atomic E-state index is 12.5. The number of nitrogens with zero attached hydrogens (tertiary/aromatic N) is 1. The quantitative estimate of drug-likeness (QED) is 0.826. The molecule has 2 atom stereocenters. The minimum absolute atomic E-state index is 0.128. The van der Waals surface area contributed by atoms with Crippen LogP contribution in [0, 0.1) is 0 Å². The topological polar surface area (TPSA) is 38.8 Å². The van der Waals surface area contributed by atoms with Crippen molar-refractivity contribution in [2.75, 3.05) is 19.8 Å². The lowest BCUT2D eigenvalue weighted by Crippen LogP contribution is -2.50. The van der Waals surface area contributed by atoms with E-state index in [2.05, 4.69) is 6.07 Å². The number of hydrogen-bond donors (Lipinski definition) is 0. The van der Waals surface area contributed by atoms with E-state index in [1.165, 1.54) is 5.56 Å². The first kappa shape index (κ1) is 13.4. The summed E-state index contributed by atoms with van der Waals surface area (Å²) in [6.45, 7) is 6.13. The van der Waals surface area contributed by atoms with E-state index < -0.39 is 0 Å². The van der Waals surface area contributed by atoms with E-state index in [0.717, 1.165) is 24.3 Å². The molecule has 0 aromatic heterocycles. The van der Waals surface area contributed by atoms with E-state index in [1.54, 1.807) is 0 Å². The van der Waals surface area contributed by atoms with E-state index in [0.29, 0.717) is 19.6 Å². The van der Waals surface area contributed by atoms with Crippen molar-refractivity contribution < 1.29 is 14.3 Å². The molecular formula is C16H21NO3. The maximum Gasteiger partial charge on any atom is 0.227 e. The Kier molecular flexibility index (Phi) is 3.66. The lowest BCUT2D eigenvalue weighted by Gasteiger charge is -2.37. The van der Waals surface area contributed by atoms with Crippen LogP contribution in [-0.4, -0.2) is 42.7 Å². The minimum atomic E-state index is 0.128. The molecule has 1 aromatic carbocycles. The highest BCUT2D eigenvalue weighted by Crippen LogP contribution is 2.26. The van der Waals surface area contributed by atoms with E-state index in [-0.39, 0.29) is 18.1 Å². The molecular weight excluding hydrogens is 254 g/mol. The third-order valence-electron chi connectivity index (χ3n) is 4.04. The molecule has 0 aliphatic carbocycles. The van der Waals surface area contributed by atoms with Gasteiger partial charge in [-0.2, -0.15) is 0 Å². The van der Waals surface area contributed by atoms with Crippen molar-refractivity contribution in [2.45, 2.75) is 38.8 Å². The van der Waals surface area contributed by atoms with Gasteiger partial charge in [0.25, 0.3) is 0 Å². The van der Waals surface area contributed by atoms with E-state index in [9.17, 15) is 4.79 Å². The molecule has 1 aromatic rings. The van der Waals surface area contributed by atoms with Crippen LogP contribution in [0.4, 0.5) is 0 Å². The predicted octanol–water partition coefficient (Wildman–Crippen LogP) is 1.80. The van der Waals surface area contributed by atoms with Crippen LogP contribution in [0.1, 0.15) is 25.0 Å². The Morgan fingerprint density at radius 1 is 1.40 bits per heavy atom. The summed E-state index contributed by atoms with van der Waals surface area (Å²) in [7, 11) is 0. The van der Waals surface area contributed by atoms with Crippen molar-refractivity contribution in [3.8, 4) is 5.75 Å². The Labute approximate surface area is 119 Å².